The molecule has 0 aromatic heterocycles. The highest BCUT2D eigenvalue weighted by molar-refractivity contribution is 6.01. The summed E-state index contributed by atoms with van der Waals surface area (Å²) in [7, 11) is 1.75. The smallest absolute Gasteiger partial charge is 0.309 e. The van der Waals surface area contributed by atoms with E-state index in [2.05, 4.69) is 4.99 Å². The number of nitrogens with two attached hydrogens (primary N) is 1. The van der Waals surface area contributed by atoms with E-state index in [1.54, 1.807) is 13.2 Å². The molecule has 1 unspecified atom stereocenters. The molecule has 0 aromatic rings. The molecule has 0 saturated heterocycles. The van der Waals surface area contributed by atoms with E-state index in [9.17, 15) is 4.79 Å². The van der Waals surface area contributed by atoms with E-state index < -0.39 is 0 Å². The first-order chi connectivity index (χ1) is 7.22. The van der Waals surface area contributed by atoms with E-state index in [1.165, 1.54) is 0 Å². The van der Waals surface area contributed by atoms with Crippen LogP contribution in [0.15, 0.2) is 16.8 Å². The molecular weight excluding hydrogens is 192 g/mol. The van der Waals surface area contributed by atoms with Crippen LogP contribution in [0.25, 0.3) is 0 Å². The highest BCUT2D eigenvalue weighted by Gasteiger charge is 2.27. The van der Waals surface area contributed by atoms with Crippen LogP contribution in [0.3, 0.4) is 0 Å². The molecule has 0 amide bonds. The van der Waals surface area contributed by atoms with Crippen molar-refractivity contribution >= 4 is 11.7 Å². The van der Waals surface area contributed by atoms with Gasteiger partial charge >= 0.3 is 5.97 Å². The number of esters is 1. The molecule has 4 nitrogen and oxygen atoms in total. The summed E-state index contributed by atoms with van der Waals surface area (Å²) in [6.07, 6.45) is 3.82. The van der Waals surface area contributed by atoms with Crippen LogP contribution in [-0.4, -0.2) is 25.3 Å². The topological polar surface area (TPSA) is 64.7 Å². The van der Waals surface area contributed by atoms with Crippen molar-refractivity contribution in [3.63, 3.8) is 0 Å². The molecule has 0 radical (unpaired) electrons. The maximum absolute atomic E-state index is 11.5. The Morgan fingerprint density at radius 2 is 2.47 bits per heavy atom. The summed E-state index contributed by atoms with van der Waals surface area (Å²) in [6, 6.07) is 0. The third kappa shape index (κ3) is 2.81. The summed E-state index contributed by atoms with van der Waals surface area (Å²) in [5.74, 6) is -0.169. The quantitative estimate of drug-likeness (QED) is 0.698. The molecule has 84 valence electrons. The van der Waals surface area contributed by atoms with Gasteiger partial charge in [-0.15, -0.1) is 0 Å². The van der Waals surface area contributed by atoms with Crippen LogP contribution in [0.1, 0.15) is 26.2 Å². The summed E-state index contributed by atoms with van der Waals surface area (Å²) in [5, 5.41) is 0. The van der Waals surface area contributed by atoms with Crippen molar-refractivity contribution in [1.29, 1.82) is 0 Å². The number of nitrogens with zero attached hydrogens (tertiary/aromatic N) is 1. The third-order valence-corrected chi connectivity index (χ3v) is 2.66. The molecule has 1 saturated carbocycles. The molecule has 2 N–H and O–H groups in total. The second-order valence-electron chi connectivity index (χ2n) is 3.55. The molecule has 1 fully saturated rings. The lowest BCUT2D eigenvalue weighted by molar-refractivity contribution is -0.148. The van der Waals surface area contributed by atoms with E-state index in [4.69, 9.17) is 10.5 Å². The highest BCUT2D eigenvalue weighted by atomic mass is 16.5. The molecule has 0 spiro atoms. The third-order valence-electron chi connectivity index (χ3n) is 2.66. The molecule has 4 heteroatoms. The number of allylic oxidation sites excluding steroid dienone is 1. The summed E-state index contributed by atoms with van der Waals surface area (Å²) < 4.78 is 5.00. The van der Waals surface area contributed by atoms with E-state index >= 15 is 0 Å². The molecule has 0 aliphatic heterocycles. The molecule has 15 heavy (non-hydrogen) atoms. The minimum Gasteiger partial charge on any atom is -0.466 e. The monoisotopic (exact) mass is 210 g/mol. The van der Waals surface area contributed by atoms with Gasteiger partial charge in [0, 0.05) is 12.8 Å². The van der Waals surface area contributed by atoms with Crippen LogP contribution in [-0.2, 0) is 9.53 Å². The lowest BCUT2D eigenvalue weighted by Crippen LogP contribution is -2.26. The van der Waals surface area contributed by atoms with E-state index in [0.29, 0.717) is 13.0 Å². The first kappa shape index (κ1) is 11.8. The van der Waals surface area contributed by atoms with Crippen molar-refractivity contribution in [3.8, 4) is 0 Å². The second-order valence-corrected chi connectivity index (χ2v) is 3.55. The summed E-state index contributed by atoms with van der Waals surface area (Å²) >= 11 is 0. The fourth-order valence-corrected chi connectivity index (χ4v) is 1.84. The van der Waals surface area contributed by atoms with Crippen molar-refractivity contribution in [2.24, 2.45) is 16.6 Å². The van der Waals surface area contributed by atoms with Crippen molar-refractivity contribution in [2.75, 3.05) is 13.7 Å². The molecule has 1 aliphatic rings. The Kier molecular flexibility index (Phi) is 4.34. The number of carbonyl (C=O) groups excluding carboxylic acids is 1. The first-order valence-electron chi connectivity index (χ1n) is 5.26. The normalized spacial score (nSPS) is 26.9. The standard InChI is InChI=1S/C11H18N2O2/c1-3-15-11(14)8-4-5-10(13-2)9(6-8)7-12/h7-8H,3-6,12H2,1-2H3. The predicted molar refractivity (Wildman–Crippen MR) is 59.6 cm³/mol. The molecular formula is C11H18N2O2. The number of rotatable bonds is 2. The van der Waals surface area contributed by atoms with Crippen molar-refractivity contribution in [1.82, 2.24) is 0 Å². The minimum absolute atomic E-state index is 0.0507. The largest absolute Gasteiger partial charge is 0.466 e. The Morgan fingerprint density at radius 3 is 3.00 bits per heavy atom. The van der Waals surface area contributed by atoms with Crippen molar-refractivity contribution < 1.29 is 9.53 Å². The molecule has 1 rings (SSSR count). The number of hydrogen-bond acceptors (Lipinski definition) is 4. The van der Waals surface area contributed by atoms with Gasteiger partial charge < -0.3 is 10.5 Å². The van der Waals surface area contributed by atoms with Crippen molar-refractivity contribution in [2.45, 2.75) is 26.2 Å². The summed E-state index contributed by atoms with van der Waals surface area (Å²) in [4.78, 5) is 15.7. The van der Waals surface area contributed by atoms with Crippen LogP contribution >= 0.6 is 0 Å². The van der Waals surface area contributed by atoms with Gasteiger partial charge in [-0.05, 0) is 38.0 Å². The summed E-state index contributed by atoms with van der Waals surface area (Å²) in [5.41, 5.74) is 7.50. The maximum Gasteiger partial charge on any atom is 0.309 e. The Labute approximate surface area is 90.2 Å². The fraction of sp³-hybridized carbons (Fsp3) is 0.636. The van der Waals surface area contributed by atoms with Crippen LogP contribution < -0.4 is 5.73 Å². The summed E-state index contributed by atoms with van der Waals surface area (Å²) in [6.45, 7) is 2.26. The van der Waals surface area contributed by atoms with Gasteiger partial charge in [0.05, 0.1) is 12.5 Å². The Balaban J connectivity index is 2.65. The Morgan fingerprint density at radius 1 is 1.73 bits per heavy atom. The molecule has 1 aliphatic carbocycles. The molecule has 1 atom stereocenters. The van der Waals surface area contributed by atoms with Crippen LogP contribution in [0.5, 0.6) is 0 Å². The zero-order chi connectivity index (χ0) is 11.3. The zero-order valence-electron chi connectivity index (χ0n) is 9.32. The lowest BCUT2D eigenvalue weighted by atomic mass is 9.84. The number of hydrogen-bond donors (Lipinski definition) is 1. The van der Waals surface area contributed by atoms with Crippen LogP contribution in [0, 0.1) is 5.92 Å². The van der Waals surface area contributed by atoms with Gasteiger partial charge in [0.25, 0.3) is 0 Å². The van der Waals surface area contributed by atoms with E-state index in [0.717, 1.165) is 24.1 Å². The average Bonchev–Trinajstić information content (AvgIpc) is 2.28. The second kappa shape index (κ2) is 5.53. The van der Waals surface area contributed by atoms with Gasteiger partial charge in [-0.3, -0.25) is 9.79 Å². The minimum atomic E-state index is -0.119. The van der Waals surface area contributed by atoms with Gasteiger partial charge in [-0.2, -0.15) is 0 Å². The van der Waals surface area contributed by atoms with Gasteiger partial charge in [0.1, 0.15) is 0 Å². The molecule has 0 heterocycles. The number of ether oxygens (including phenoxy) is 1. The first-order valence-corrected chi connectivity index (χ1v) is 5.26. The Hall–Kier alpha value is -1.32. The van der Waals surface area contributed by atoms with E-state index in [-0.39, 0.29) is 11.9 Å². The number of carbonyl (C=O) groups is 1. The van der Waals surface area contributed by atoms with Crippen LogP contribution in [0.4, 0.5) is 0 Å². The average molecular weight is 210 g/mol. The zero-order valence-corrected chi connectivity index (χ0v) is 9.32. The molecule has 0 aromatic carbocycles. The fourth-order valence-electron chi connectivity index (χ4n) is 1.84. The van der Waals surface area contributed by atoms with Crippen LogP contribution in [0.2, 0.25) is 0 Å². The lowest BCUT2D eigenvalue weighted by Gasteiger charge is -2.23. The Bertz CT molecular complexity index is 295. The molecule has 0 bridgehead atoms. The van der Waals surface area contributed by atoms with Gasteiger partial charge in [0.15, 0.2) is 0 Å². The predicted octanol–water partition coefficient (Wildman–Crippen LogP) is 1.26. The van der Waals surface area contributed by atoms with Gasteiger partial charge in [-0.1, -0.05) is 0 Å². The van der Waals surface area contributed by atoms with E-state index in [1.807, 2.05) is 6.92 Å². The van der Waals surface area contributed by atoms with Crippen molar-refractivity contribution in [3.05, 3.63) is 11.8 Å². The number of aliphatic imine (C=N–C) groups is 1. The van der Waals surface area contributed by atoms with Gasteiger partial charge in [-0.25, -0.2) is 0 Å². The maximum atomic E-state index is 11.5. The SMILES string of the molecule is CCOC(=O)C1CCC(=NC)C(=CN)C1. The highest BCUT2D eigenvalue weighted by Crippen LogP contribution is 2.27. The van der Waals surface area contributed by atoms with Gasteiger partial charge in [0.2, 0.25) is 0 Å².